The number of ether oxygens (including phenoxy) is 1. The first kappa shape index (κ1) is 19.2. The molecule has 3 atom stereocenters. The molecule has 1 aliphatic rings. The molecular weight excluding hydrogens is 280 g/mol. The van der Waals surface area contributed by atoms with E-state index in [1.165, 1.54) is 12.8 Å². The van der Waals surface area contributed by atoms with Crippen LogP contribution in [0.25, 0.3) is 0 Å². The summed E-state index contributed by atoms with van der Waals surface area (Å²) in [5, 5.41) is 18.3. The maximum absolute atomic E-state index is 10.4. The zero-order valence-electron chi connectivity index (χ0n) is 13.9. The van der Waals surface area contributed by atoms with Gasteiger partial charge in [-0.1, -0.05) is 64.0 Å². The van der Waals surface area contributed by atoms with Gasteiger partial charge in [0, 0.05) is 6.42 Å². The van der Waals surface area contributed by atoms with Crippen molar-refractivity contribution in [3.05, 3.63) is 12.2 Å². The molecule has 1 fully saturated rings. The molecule has 0 radical (unpaired) electrons. The zero-order valence-corrected chi connectivity index (χ0v) is 13.9. The number of unbranched alkanes of at least 4 members (excludes halogenated alkanes) is 6. The van der Waals surface area contributed by atoms with Gasteiger partial charge in [0.2, 0.25) is 0 Å². The number of carbonyl (C=O) groups is 1. The maximum Gasteiger partial charge on any atom is 0.303 e. The van der Waals surface area contributed by atoms with Crippen molar-refractivity contribution in [3.63, 3.8) is 0 Å². The lowest BCUT2D eigenvalue weighted by Crippen LogP contribution is -2.02. The first-order valence-electron chi connectivity index (χ1n) is 8.87. The molecule has 0 amide bonds. The van der Waals surface area contributed by atoms with Crippen LogP contribution in [-0.4, -0.2) is 34.5 Å². The predicted molar refractivity (Wildman–Crippen MR) is 87.9 cm³/mol. The van der Waals surface area contributed by atoms with E-state index in [0.717, 1.165) is 51.4 Å². The van der Waals surface area contributed by atoms with Crippen LogP contribution in [0.5, 0.6) is 0 Å². The second-order valence-electron chi connectivity index (χ2n) is 6.29. The third kappa shape index (κ3) is 9.96. The number of hydrogen-bond acceptors (Lipinski definition) is 3. The Morgan fingerprint density at radius 2 is 1.86 bits per heavy atom. The molecule has 0 spiro atoms. The highest BCUT2D eigenvalue weighted by Crippen LogP contribution is 2.29. The Morgan fingerprint density at radius 3 is 2.59 bits per heavy atom. The van der Waals surface area contributed by atoms with Gasteiger partial charge in [-0.05, 0) is 19.3 Å². The summed E-state index contributed by atoms with van der Waals surface area (Å²) in [7, 11) is 0. The minimum Gasteiger partial charge on any atom is -0.481 e. The fourth-order valence-electron chi connectivity index (χ4n) is 2.65. The highest BCUT2D eigenvalue weighted by Gasteiger charge is 2.35. The normalized spacial score (nSPS) is 22.1. The number of carboxylic acids is 1. The highest BCUT2D eigenvalue weighted by atomic mass is 16.6. The van der Waals surface area contributed by atoms with Gasteiger partial charge in [0.25, 0.3) is 0 Å². The van der Waals surface area contributed by atoms with Gasteiger partial charge in [-0.25, -0.2) is 0 Å². The average Bonchev–Trinajstić information content (AvgIpc) is 3.22. The van der Waals surface area contributed by atoms with Crippen molar-refractivity contribution in [1.82, 2.24) is 0 Å². The summed E-state index contributed by atoms with van der Waals surface area (Å²) in [6.07, 6.45) is 14.9. The smallest absolute Gasteiger partial charge is 0.303 e. The van der Waals surface area contributed by atoms with E-state index < -0.39 is 5.97 Å². The quantitative estimate of drug-likeness (QED) is 0.288. The Bertz CT molecular complexity index is 327. The number of carboxylic acid groups (broad SMARTS) is 1. The molecule has 4 heteroatoms. The van der Waals surface area contributed by atoms with Crippen LogP contribution < -0.4 is 0 Å². The van der Waals surface area contributed by atoms with Crippen LogP contribution in [0.2, 0.25) is 0 Å². The molecule has 128 valence electrons. The third-order valence-electron chi connectivity index (χ3n) is 4.13. The van der Waals surface area contributed by atoms with Crippen LogP contribution in [0.4, 0.5) is 0 Å². The summed E-state index contributed by atoms with van der Waals surface area (Å²) in [5.74, 6) is -0.696. The lowest BCUT2D eigenvalue weighted by molar-refractivity contribution is -0.137. The topological polar surface area (TPSA) is 70.1 Å². The van der Waals surface area contributed by atoms with Crippen molar-refractivity contribution in [2.45, 2.75) is 95.9 Å². The Balaban J connectivity index is 1.92. The Kier molecular flexibility index (Phi) is 10.2. The molecule has 0 saturated carbocycles. The van der Waals surface area contributed by atoms with Crippen molar-refractivity contribution in [1.29, 1.82) is 0 Å². The molecule has 1 rings (SSSR count). The van der Waals surface area contributed by atoms with Gasteiger partial charge < -0.3 is 14.9 Å². The lowest BCUT2D eigenvalue weighted by Gasteiger charge is -2.03. The van der Waals surface area contributed by atoms with Crippen LogP contribution in [0.3, 0.4) is 0 Å². The molecule has 3 unspecified atom stereocenters. The van der Waals surface area contributed by atoms with Gasteiger partial charge >= 0.3 is 5.97 Å². The molecule has 0 aliphatic carbocycles. The molecule has 0 bridgehead atoms. The Labute approximate surface area is 134 Å². The number of aliphatic hydroxyl groups excluding tert-OH is 1. The molecular formula is C18H32O4. The van der Waals surface area contributed by atoms with Crippen molar-refractivity contribution >= 4 is 5.97 Å². The van der Waals surface area contributed by atoms with Gasteiger partial charge in [0.1, 0.15) is 6.10 Å². The minimum absolute atomic E-state index is 0.202. The van der Waals surface area contributed by atoms with Crippen molar-refractivity contribution in [2.24, 2.45) is 0 Å². The third-order valence-corrected chi connectivity index (χ3v) is 4.13. The number of aliphatic hydroxyl groups is 1. The molecule has 4 nitrogen and oxygen atoms in total. The molecule has 22 heavy (non-hydrogen) atoms. The van der Waals surface area contributed by atoms with E-state index in [0.29, 0.717) is 12.5 Å². The van der Waals surface area contributed by atoms with E-state index in [1.807, 2.05) is 12.2 Å². The van der Waals surface area contributed by atoms with Crippen LogP contribution in [0.1, 0.15) is 77.6 Å². The van der Waals surface area contributed by atoms with Crippen molar-refractivity contribution in [2.75, 3.05) is 0 Å². The van der Waals surface area contributed by atoms with Crippen molar-refractivity contribution < 1.29 is 19.7 Å². The van der Waals surface area contributed by atoms with Crippen molar-refractivity contribution in [3.8, 4) is 0 Å². The van der Waals surface area contributed by atoms with E-state index >= 15 is 0 Å². The van der Waals surface area contributed by atoms with Crippen LogP contribution in [0, 0.1) is 0 Å². The lowest BCUT2D eigenvalue weighted by atomic mass is 10.1. The summed E-state index contributed by atoms with van der Waals surface area (Å²) in [6.45, 7) is 2.16. The van der Waals surface area contributed by atoms with E-state index in [2.05, 4.69) is 6.92 Å². The van der Waals surface area contributed by atoms with Gasteiger partial charge in [-0.15, -0.1) is 0 Å². The largest absolute Gasteiger partial charge is 0.481 e. The summed E-state index contributed by atoms with van der Waals surface area (Å²) in [4.78, 5) is 10.4. The Hall–Kier alpha value is -0.870. The number of aliphatic carboxylic acids is 1. The summed E-state index contributed by atoms with van der Waals surface area (Å²) in [5.41, 5.74) is 0. The van der Waals surface area contributed by atoms with E-state index in [9.17, 15) is 9.90 Å². The standard InChI is InChI=1S/C18H32O4/c1-2-3-7-10-15(19)13-14-17-16(22-17)11-8-5-4-6-9-12-18(20)21/h13-17,19H,2-12H2,1H3,(H,20,21). The molecule has 1 aliphatic heterocycles. The van der Waals surface area contributed by atoms with Gasteiger partial charge in [0.05, 0.1) is 12.2 Å². The first-order valence-corrected chi connectivity index (χ1v) is 8.87. The Morgan fingerprint density at radius 1 is 1.14 bits per heavy atom. The molecule has 2 N–H and O–H groups in total. The minimum atomic E-state index is -0.696. The average molecular weight is 312 g/mol. The molecule has 0 aromatic carbocycles. The SMILES string of the molecule is CCCCCC(O)C=CC1OC1CCCCCCCC(=O)O. The summed E-state index contributed by atoms with van der Waals surface area (Å²) >= 11 is 0. The second-order valence-corrected chi connectivity index (χ2v) is 6.29. The van der Waals surface area contributed by atoms with Gasteiger partial charge in [-0.2, -0.15) is 0 Å². The number of epoxide rings is 1. The summed E-state index contributed by atoms with van der Waals surface area (Å²) in [6, 6.07) is 0. The molecule has 1 saturated heterocycles. The van der Waals surface area contributed by atoms with Crippen LogP contribution in [-0.2, 0) is 9.53 Å². The fraction of sp³-hybridized carbons (Fsp3) is 0.833. The van der Waals surface area contributed by atoms with E-state index in [4.69, 9.17) is 9.84 Å². The van der Waals surface area contributed by atoms with E-state index in [1.54, 1.807) is 0 Å². The van der Waals surface area contributed by atoms with Crippen LogP contribution >= 0.6 is 0 Å². The molecule has 1 heterocycles. The zero-order chi connectivity index (χ0) is 16.2. The summed E-state index contributed by atoms with van der Waals surface area (Å²) < 4.78 is 5.58. The molecule has 0 aromatic heterocycles. The predicted octanol–water partition coefficient (Wildman–Crippen LogP) is 4.07. The van der Waals surface area contributed by atoms with Gasteiger partial charge in [-0.3, -0.25) is 4.79 Å². The first-order chi connectivity index (χ1) is 10.6. The van der Waals surface area contributed by atoms with Gasteiger partial charge in [0.15, 0.2) is 0 Å². The highest BCUT2D eigenvalue weighted by molar-refractivity contribution is 5.66. The second kappa shape index (κ2) is 11.7. The number of hydrogen-bond donors (Lipinski definition) is 2. The van der Waals surface area contributed by atoms with E-state index in [-0.39, 0.29) is 12.2 Å². The molecule has 0 aromatic rings. The number of rotatable bonds is 14. The fourth-order valence-corrected chi connectivity index (χ4v) is 2.65. The monoisotopic (exact) mass is 312 g/mol. The van der Waals surface area contributed by atoms with Crippen LogP contribution in [0.15, 0.2) is 12.2 Å². The maximum atomic E-state index is 10.4.